The lowest BCUT2D eigenvalue weighted by molar-refractivity contribution is 0.598. The Morgan fingerprint density at radius 1 is 0.759 bits per heavy atom. The van der Waals surface area contributed by atoms with Gasteiger partial charge >= 0.3 is 0 Å². The quantitative estimate of drug-likeness (QED) is 0.575. The third kappa shape index (κ3) is 4.90. The summed E-state index contributed by atoms with van der Waals surface area (Å²) in [7, 11) is -7.84. The molecule has 0 amide bonds. The van der Waals surface area contributed by atoms with Crippen LogP contribution in [0.1, 0.15) is 11.1 Å². The third-order valence-electron chi connectivity index (χ3n) is 4.18. The second kappa shape index (κ2) is 8.06. The van der Waals surface area contributed by atoms with E-state index in [1.807, 2.05) is 6.92 Å². The van der Waals surface area contributed by atoms with Crippen LogP contribution in [0.25, 0.3) is 0 Å². The van der Waals surface area contributed by atoms with Gasteiger partial charge < -0.3 is 0 Å². The summed E-state index contributed by atoms with van der Waals surface area (Å²) in [6, 6.07) is 17.1. The van der Waals surface area contributed by atoms with Crippen LogP contribution in [0.3, 0.4) is 0 Å². The van der Waals surface area contributed by atoms with E-state index in [0.717, 1.165) is 5.56 Å². The van der Waals surface area contributed by atoms with Crippen LogP contribution in [-0.2, 0) is 20.0 Å². The molecule has 3 aromatic carbocycles. The van der Waals surface area contributed by atoms with Gasteiger partial charge in [0.1, 0.15) is 0 Å². The van der Waals surface area contributed by atoms with Crippen LogP contribution < -0.4 is 9.44 Å². The molecule has 0 unspecified atom stereocenters. The average Bonchev–Trinajstić information content (AvgIpc) is 2.65. The Balaban J connectivity index is 1.93. The Labute approximate surface area is 175 Å². The fourth-order valence-corrected chi connectivity index (χ4v) is 5.27. The number of hydrogen-bond donors (Lipinski definition) is 2. The standard InChI is InChI=1S/C20H19ClN2O4S2/c1-14-7-11-17(12-8-14)28(24,25)22-16-10-9-15(2)20(13-16)29(26,27)23-19-6-4-3-5-18(19)21/h3-13,22-23H,1-2H3. The molecule has 0 heterocycles. The molecule has 0 saturated heterocycles. The minimum atomic E-state index is -3.98. The van der Waals surface area contributed by atoms with E-state index in [1.165, 1.54) is 30.3 Å². The van der Waals surface area contributed by atoms with Gasteiger partial charge in [0.15, 0.2) is 0 Å². The number of anilines is 2. The molecule has 2 N–H and O–H groups in total. The van der Waals surface area contributed by atoms with Crippen molar-refractivity contribution in [3.8, 4) is 0 Å². The first-order valence-electron chi connectivity index (χ1n) is 8.56. The van der Waals surface area contributed by atoms with Crippen molar-refractivity contribution in [2.75, 3.05) is 9.44 Å². The summed E-state index contributed by atoms with van der Waals surface area (Å²) in [5.41, 5.74) is 1.76. The highest BCUT2D eigenvalue weighted by Crippen LogP contribution is 2.27. The lowest BCUT2D eigenvalue weighted by atomic mass is 10.2. The smallest absolute Gasteiger partial charge is 0.262 e. The number of para-hydroxylation sites is 1. The summed E-state index contributed by atoms with van der Waals surface area (Å²) in [4.78, 5) is 0.0313. The maximum absolute atomic E-state index is 12.9. The summed E-state index contributed by atoms with van der Waals surface area (Å²) in [6.45, 7) is 3.48. The Morgan fingerprint density at radius 2 is 1.41 bits per heavy atom. The number of halogens is 1. The van der Waals surface area contributed by atoms with Gasteiger partial charge in [-0.1, -0.05) is 47.5 Å². The summed E-state index contributed by atoms with van der Waals surface area (Å²) in [5, 5.41) is 0.255. The Morgan fingerprint density at radius 3 is 2.07 bits per heavy atom. The first-order valence-corrected chi connectivity index (χ1v) is 11.9. The van der Waals surface area contributed by atoms with E-state index in [0.29, 0.717) is 5.56 Å². The van der Waals surface area contributed by atoms with E-state index in [-0.39, 0.29) is 26.2 Å². The molecule has 0 radical (unpaired) electrons. The maximum Gasteiger partial charge on any atom is 0.262 e. The molecule has 3 aromatic rings. The first-order chi connectivity index (χ1) is 13.6. The van der Waals surface area contributed by atoms with Crippen LogP contribution in [0.2, 0.25) is 5.02 Å². The SMILES string of the molecule is Cc1ccc(S(=O)(=O)Nc2ccc(C)c(S(=O)(=O)Nc3ccccc3Cl)c2)cc1. The van der Waals surface area contributed by atoms with Crippen molar-refractivity contribution in [2.45, 2.75) is 23.6 Å². The van der Waals surface area contributed by atoms with Gasteiger partial charge in [-0.2, -0.15) is 0 Å². The van der Waals surface area contributed by atoms with Crippen molar-refractivity contribution in [1.82, 2.24) is 0 Å². The molecular formula is C20H19ClN2O4S2. The van der Waals surface area contributed by atoms with Crippen LogP contribution in [-0.4, -0.2) is 16.8 Å². The molecule has 6 nitrogen and oxygen atoms in total. The van der Waals surface area contributed by atoms with Gasteiger partial charge in [-0.15, -0.1) is 0 Å². The second-order valence-corrected chi connectivity index (χ2v) is 10.2. The van der Waals surface area contributed by atoms with Crippen LogP contribution in [0.15, 0.2) is 76.5 Å². The van der Waals surface area contributed by atoms with Crippen molar-refractivity contribution in [3.05, 3.63) is 82.9 Å². The van der Waals surface area contributed by atoms with Crippen molar-refractivity contribution < 1.29 is 16.8 Å². The molecule has 152 valence electrons. The van der Waals surface area contributed by atoms with Crippen LogP contribution in [0, 0.1) is 13.8 Å². The van der Waals surface area contributed by atoms with E-state index in [4.69, 9.17) is 11.6 Å². The number of benzene rings is 3. The molecule has 0 spiro atoms. The monoisotopic (exact) mass is 450 g/mol. The normalized spacial score (nSPS) is 11.8. The predicted molar refractivity (Wildman–Crippen MR) is 115 cm³/mol. The minimum absolute atomic E-state index is 0.0541. The van der Waals surface area contributed by atoms with Crippen molar-refractivity contribution in [2.24, 2.45) is 0 Å². The zero-order chi connectivity index (χ0) is 21.2. The minimum Gasteiger partial charge on any atom is -0.280 e. The highest BCUT2D eigenvalue weighted by molar-refractivity contribution is 7.93. The fourth-order valence-electron chi connectivity index (χ4n) is 2.63. The van der Waals surface area contributed by atoms with Gasteiger partial charge in [0.05, 0.1) is 26.2 Å². The molecule has 0 saturated carbocycles. The van der Waals surface area contributed by atoms with E-state index < -0.39 is 20.0 Å². The van der Waals surface area contributed by atoms with Crippen LogP contribution in [0.4, 0.5) is 11.4 Å². The molecular weight excluding hydrogens is 432 g/mol. The lowest BCUT2D eigenvalue weighted by Crippen LogP contribution is -2.16. The van der Waals surface area contributed by atoms with Gasteiger partial charge in [0.25, 0.3) is 20.0 Å². The largest absolute Gasteiger partial charge is 0.280 e. The molecule has 0 atom stereocenters. The molecule has 0 aliphatic heterocycles. The molecule has 0 aliphatic rings. The number of hydrogen-bond acceptors (Lipinski definition) is 4. The number of sulfonamides is 2. The van der Waals surface area contributed by atoms with E-state index >= 15 is 0 Å². The van der Waals surface area contributed by atoms with Crippen molar-refractivity contribution in [3.63, 3.8) is 0 Å². The van der Waals surface area contributed by atoms with Crippen molar-refractivity contribution >= 4 is 43.0 Å². The topological polar surface area (TPSA) is 92.3 Å². The highest BCUT2D eigenvalue weighted by atomic mass is 35.5. The van der Waals surface area contributed by atoms with Gasteiger partial charge in [-0.05, 0) is 55.8 Å². The molecule has 9 heteroatoms. The Bertz CT molecular complexity index is 1260. The number of nitrogens with one attached hydrogen (secondary N) is 2. The van der Waals surface area contributed by atoms with Crippen LogP contribution >= 0.6 is 11.6 Å². The summed E-state index contributed by atoms with van der Waals surface area (Å²) >= 11 is 6.04. The summed E-state index contributed by atoms with van der Waals surface area (Å²) < 4.78 is 55.8. The van der Waals surface area contributed by atoms with Gasteiger partial charge in [-0.3, -0.25) is 9.44 Å². The highest BCUT2D eigenvalue weighted by Gasteiger charge is 2.21. The molecule has 3 rings (SSSR count). The zero-order valence-electron chi connectivity index (χ0n) is 15.7. The van der Waals surface area contributed by atoms with Gasteiger partial charge in [0, 0.05) is 0 Å². The lowest BCUT2D eigenvalue weighted by Gasteiger charge is -2.14. The van der Waals surface area contributed by atoms with E-state index in [9.17, 15) is 16.8 Å². The predicted octanol–water partition coefficient (Wildman–Crippen LogP) is 4.56. The Hall–Kier alpha value is -2.55. The van der Waals surface area contributed by atoms with E-state index in [2.05, 4.69) is 9.44 Å². The third-order valence-corrected chi connectivity index (χ3v) is 7.41. The molecule has 0 aliphatic carbocycles. The fraction of sp³-hybridized carbons (Fsp3) is 0.100. The second-order valence-electron chi connectivity index (χ2n) is 6.48. The molecule has 0 aromatic heterocycles. The summed E-state index contributed by atoms with van der Waals surface area (Å²) in [6.07, 6.45) is 0. The number of rotatable bonds is 6. The maximum atomic E-state index is 12.9. The van der Waals surface area contributed by atoms with Crippen LogP contribution in [0.5, 0.6) is 0 Å². The van der Waals surface area contributed by atoms with Gasteiger partial charge in [-0.25, -0.2) is 16.8 Å². The average molecular weight is 451 g/mol. The molecule has 0 fully saturated rings. The summed E-state index contributed by atoms with van der Waals surface area (Å²) in [5.74, 6) is 0. The molecule has 29 heavy (non-hydrogen) atoms. The molecule has 0 bridgehead atoms. The zero-order valence-corrected chi connectivity index (χ0v) is 18.1. The Kier molecular flexibility index (Phi) is 5.88. The van der Waals surface area contributed by atoms with E-state index in [1.54, 1.807) is 43.3 Å². The first kappa shape index (κ1) is 21.2. The number of aryl methyl sites for hydroxylation is 2. The van der Waals surface area contributed by atoms with Crippen molar-refractivity contribution in [1.29, 1.82) is 0 Å². The van der Waals surface area contributed by atoms with Gasteiger partial charge in [0.2, 0.25) is 0 Å².